The zero-order valence-electron chi connectivity index (χ0n) is 9.64. The summed E-state index contributed by atoms with van der Waals surface area (Å²) in [5.74, 6) is 0.277. The average Bonchev–Trinajstić information content (AvgIpc) is 2.58. The lowest BCUT2D eigenvalue weighted by atomic mass is 10.4. The number of nitrogens with one attached hydrogen (secondary N) is 1. The van der Waals surface area contributed by atoms with Gasteiger partial charge in [0.05, 0.1) is 5.69 Å². The van der Waals surface area contributed by atoms with Crippen molar-refractivity contribution >= 4 is 38.8 Å². The molecule has 18 heavy (non-hydrogen) atoms. The van der Waals surface area contributed by atoms with E-state index in [4.69, 9.17) is 11.6 Å². The number of aryl methyl sites for hydroxylation is 2. The van der Waals surface area contributed by atoms with Gasteiger partial charge in [0.25, 0.3) is 10.0 Å². The Morgan fingerprint density at radius 3 is 2.56 bits per heavy atom. The van der Waals surface area contributed by atoms with Gasteiger partial charge in [-0.3, -0.25) is 4.72 Å². The summed E-state index contributed by atoms with van der Waals surface area (Å²) in [4.78, 5) is 7.96. The molecule has 0 atom stereocenters. The van der Waals surface area contributed by atoms with Gasteiger partial charge in [-0.1, -0.05) is 29.0 Å². The number of aromatic nitrogens is 2. The fraction of sp³-hybridized carbons (Fsp3) is 0.200. The van der Waals surface area contributed by atoms with Crippen LogP contribution in [0.3, 0.4) is 0 Å². The molecule has 96 valence electrons. The van der Waals surface area contributed by atoms with Gasteiger partial charge in [0.1, 0.15) is 5.82 Å². The molecule has 5 nitrogen and oxygen atoms in total. The first-order valence-corrected chi connectivity index (χ1v) is 7.65. The average molecular weight is 304 g/mol. The van der Waals surface area contributed by atoms with Crippen molar-refractivity contribution < 1.29 is 8.42 Å². The maximum Gasteiger partial charge on any atom is 0.274 e. The van der Waals surface area contributed by atoms with Gasteiger partial charge in [0, 0.05) is 5.69 Å². The molecule has 8 heteroatoms. The van der Waals surface area contributed by atoms with Crippen LogP contribution in [-0.2, 0) is 10.0 Å². The quantitative estimate of drug-likeness (QED) is 0.946. The van der Waals surface area contributed by atoms with Gasteiger partial charge < -0.3 is 0 Å². The highest BCUT2D eigenvalue weighted by Gasteiger charge is 2.21. The van der Waals surface area contributed by atoms with E-state index >= 15 is 0 Å². The predicted molar refractivity (Wildman–Crippen MR) is 71.6 cm³/mol. The Balaban J connectivity index is 2.36. The minimum Gasteiger partial charge on any atom is -0.263 e. The number of nitrogens with zero attached hydrogens (tertiary/aromatic N) is 2. The molecule has 0 aliphatic carbocycles. The lowest BCUT2D eigenvalue weighted by Gasteiger charge is -2.06. The van der Waals surface area contributed by atoms with E-state index in [9.17, 15) is 8.42 Å². The third-order valence-electron chi connectivity index (χ3n) is 2.10. The van der Waals surface area contributed by atoms with Gasteiger partial charge in [-0.2, -0.15) is 0 Å². The highest BCUT2D eigenvalue weighted by atomic mass is 35.5. The van der Waals surface area contributed by atoms with Crippen molar-refractivity contribution in [2.45, 2.75) is 18.1 Å². The monoisotopic (exact) mass is 303 g/mol. The second-order valence-corrected chi connectivity index (χ2v) is 7.07. The van der Waals surface area contributed by atoms with Crippen LogP contribution in [0, 0.1) is 13.8 Å². The van der Waals surface area contributed by atoms with E-state index < -0.39 is 10.0 Å². The molecule has 2 rings (SSSR count). The Bertz CT molecular complexity index is 682. The molecule has 2 heterocycles. The highest BCUT2D eigenvalue weighted by Crippen LogP contribution is 2.27. The van der Waals surface area contributed by atoms with E-state index in [1.165, 1.54) is 0 Å². The Hall–Kier alpha value is -1.18. The fourth-order valence-corrected chi connectivity index (χ4v) is 4.13. The van der Waals surface area contributed by atoms with E-state index in [0.29, 0.717) is 5.69 Å². The lowest BCUT2D eigenvalue weighted by Crippen LogP contribution is -2.13. The summed E-state index contributed by atoms with van der Waals surface area (Å²) in [5, 5.41) is 0. The van der Waals surface area contributed by atoms with Crippen LogP contribution in [0.5, 0.6) is 0 Å². The molecule has 0 spiro atoms. The van der Waals surface area contributed by atoms with Gasteiger partial charge in [-0.25, -0.2) is 18.4 Å². The Labute approximate surface area is 114 Å². The maximum atomic E-state index is 12.1. The normalized spacial score (nSPS) is 11.5. The van der Waals surface area contributed by atoms with Crippen LogP contribution >= 0.6 is 22.9 Å². The zero-order chi connectivity index (χ0) is 13.3. The summed E-state index contributed by atoms with van der Waals surface area (Å²) >= 11 is 6.62. The predicted octanol–water partition coefficient (Wildman–Crippen LogP) is 2.61. The van der Waals surface area contributed by atoms with Crippen molar-refractivity contribution in [3.05, 3.63) is 34.1 Å². The van der Waals surface area contributed by atoms with Crippen molar-refractivity contribution in [3.8, 4) is 0 Å². The molecular formula is C10H10ClN3O2S2. The van der Waals surface area contributed by atoms with Crippen LogP contribution in [0.1, 0.15) is 11.4 Å². The van der Waals surface area contributed by atoms with Crippen LogP contribution in [-0.4, -0.2) is 18.4 Å². The molecule has 0 unspecified atom stereocenters. The number of hydrogen-bond donors (Lipinski definition) is 1. The lowest BCUT2D eigenvalue weighted by molar-refractivity contribution is 0.602. The smallest absolute Gasteiger partial charge is 0.263 e. The molecule has 0 saturated heterocycles. The summed E-state index contributed by atoms with van der Waals surface area (Å²) in [6.07, 6.45) is 0. The molecule has 0 aromatic carbocycles. The number of rotatable bonds is 3. The Kier molecular flexibility index (Phi) is 3.56. The van der Waals surface area contributed by atoms with Gasteiger partial charge in [0.2, 0.25) is 0 Å². The summed E-state index contributed by atoms with van der Waals surface area (Å²) in [6.45, 7) is 3.38. The van der Waals surface area contributed by atoms with Crippen LogP contribution in [0.25, 0.3) is 0 Å². The number of pyridine rings is 1. The van der Waals surface area contributed by atoms with Crippen LogP contribution in [0.15, 0.2) is 22.4 Å². The van der Waals surface area contributed by atoms with Crippen molar-refractivity contribution in [2.75, 3.05) is 4.72 Å². The van der Waals surface area contributed by atoms with Crippen LogP contribution < -0.4 is 4.72 Å². The number of anilines is 1. The van der Waals surface area contributed by atoms with E-state index in [1.54, 1.807) is 32.0 Å². The number of thiazole rings is 1. The topological polar surface area (TPSA) is 72.0 Å². The third-order valence-corrected chi connectivity index (χ3v) is 5.33. The molecule has 2 aromatic rings. The first-order chi connectivity index (χ1) is 8.38. The standard InChI is InChI=1S/C10H10ClN3O2S2/c1-6-4-3-5-8(12-6)14-18(15,16)9-7(2)13-10(11)17-9/h3-5H,1-2H3,(H,12,14). The van der Waals surface area contributed by atoms with Gasteiger partial charge >= 0.3 is 0 Å². The van der Waals surface area contributed by atoms with E-state index in [-0.39, 0.29) is 14.5 Å². The molecule has 0 saturated carbocycles. The van der Waals surface area contributed by atoms with Crippen LogP contribution in [0.2, 0.25) is 4.47 Å². The minimum atomic E-state index is -3.68. The van der Waals surface area contributed by atoms with Crippen molar-refractivity contribution in [1.29, 1.82) is 0 Å². The molecular weight excluding hydrogens is 294 g/mol. The fourth-order valence-electron chi connectivity index (χ4n) is 1.38. The van der Waals surface area contributed by atoms with Crippen molar-refractivity contribution in [1.82, 2.24) is 9.97 Å². The summed E-state index contributed by atoms with van der Waals surface area (Å²) in [5.41, 5.74) is 1.11. The number of hydrogen-bond acceptors (Lipinski definition) is 5. The third kappa shape index (κ3) is 2.80. The second kappa shape index (κ2) is 4.83. The number of halogens is 1. The van der Waals surface area contributed by atoms with Crippen molar-refractivity contribution in [3.63, 3.8) is 0 Å². The first-order valence-electron chi connectivity index (χ1n) is 4.98. The molecule has 0 bridgehead atoms. The summed E-state index contributed by atoms with van der Waals surface area (Å²) < 4.78 is 26.9. The van der Waals surface area contributed by atoms with Crippen molar-refractivity contribution in [2.24, 2.45) is 0 Å². The molecule has 0 aliphatic heterocycles. The molecule has 0 fully saturated rings. The summed E-state index contributed by atoms with van der Waals surface area (Å²) in [6, 6.07) is 5.10. The Morgan fingerprint density at radius 1 is 1.28 bits per heavy atom. The molecule has 1 N–H and O–H groups in total. The highest BCUT2D eigenvalue weighted by molar-refractivity contribution is 7.94. The molecule has 2 aromatic heterocycles. The van der Waals surface area contributed by atoms with E-state index in [2.05, 4.69) is 14.7 Å². The van der Waals surface area contributed by atoms with Crippen LogP contribution in [0.4, 0.5) is 5.82 Å². The number of sulfonamides is 1. The molecule has 0 amide bonds. The first kappa shape index (κ1) is 13.3. The van der Waals surface area contributed by atoms with E-state index in [0.717, 1.165) is 17.0 Å². The van der Waals surface area contributed by atoms with E-state index in [1.807, 2.05) is 0 Å². The van der Waals surface area contributed by atoms with Gasteiger partial charge in [-0.15, -0.1) is 0 Å². The largest absolute Gasteiger partial charge is 0.274 e. The van der Waals surface area contributed by atoms with Gasteiger partial charge in [-0.05, 0) is 26.0 Å². The summed E-state index contributed by atoms with van der Waals surface area (Å²) in [7, 11) is -3.68. The van der Waals surface area contributed by atoms with Gasteiger partial charge in [0.15, 0.2) is 8.68 Å². The second-order valence-electron chi connectivity index (χ2n) is 3.61. The minimum absolute atomic E-state index is 0.107. The molecule has 0 aliphatic rings. The SMILES string of the molecule is Cc1cccc(NS(=O)(=O)c2sc(Cl)nc2C)n1. The maximum absolute atomic E-state index is 12.1. The molecule has 0 radical (unpaired) electrons. The Morgan fingerprint density at radius 2 is 2.00 bits per heavy atom. The zero-order valence-corrected chi connectivity index (χ0v) is 12.0.